The van der Waals surface area contributed by atoms with Crippen LogP contribution in [0.2, 0.25) is 0 Å². The summed E-state index contributed by atoms with van der Waals surface area (Å²) in [5, 5.41) is 15.0. The highest BCUT2D eigenvalue weighted by Gasteiger charge is 2.16. The van der Waals surface area contributed by atoms with Crippen LogP contribution in [0.5, 0.6) is 11.5 Å². The SMILES string of the molecule is N#CC(=CNc1ccc(C(N)=O)cc1)c1nc(-c2ccc3c(c2)OCO3)cs1. The van der Waals surface area contributed by atoms with E-state index in [4.69, 9.17) is 15.2 Å². The maximum Gasteiger partial charge on any atom is 0.248 e. The number of carbonyl (C=O) groups is 1. The fourth-order valence-corrected chi connectivity index (χ4v) is 3.41. The smallest absolute Gasteiger partial charge is 0.248 e. The second-order valence-electron chi connectivity index (χ2n) is 5.86. The molecule has 3 aromatic rings. The third kappa shape index (κ3) is 3.51. The van der Waals surface area contributed by atoms with E-state index in [0.717, 1.165) is 16.9 Å². The summed E-state index contributed by atoms with van der Waals surface area (Å²) in [6.45, 7) is 0.217. The van der Waals surface area contributed by atoms with Gasteiger partial charge in [-0.2, -0.15) is 5.26 Å². The molecule has 0 spiro atoms. The normalized spacial score (nSPS) is 12.5. The van der Waals surface area contributed by atoms with Crippen LogP contribution in [-0.2, 0) is 0 Å². The maximum absolute atomic E-state index is 11.1. The van der Waals surface area contributed by atoms with Crippen molar-refractivity contribution in [3.8, 4) is 28.8 Å². The van der Waals surface area contributed by atoms with Crippen LogP contribution in [0.3, 0.4) is 0 Å². The summed E-state index contributed by atoms with van der Waals surface area (Å²) in [7, 11) is 0. The van der Waals surface area contributed by atoms with E-state index < -0.39 is 5.91 Å². The van der Waals surface area contributed by atoms with Crippen LogP contribution in [-0.4, -0.2) is 17.7 Å². The number of nitriles is 1. The average molecular weight is 390 g/mol. The number of carbonyl (C=O) groups excluding carboxylic acids is 1. The first-order valence-corrected chi connectivity index (χ1v) is 9.14. The van der Waals surface area contributed by atoms with E-state index in [1.165, 1.54) is 11.3 Å². The largest absolute Gasteiger partial charge is 0.454 e. The number of nitrogens with two attached hydrogens (primary N) is 1. The number of rotatable bonds is 5. The zero-order valence-electron chi connectivity index (χ0n) is 14.5. The lowest BCUT2D eigenvalue weighted by Gasteiger charge is -2.02. The number of nitrogens with zero attached hydrogens (tertiary/aromatic N) is 2. The van der Waals surface area contributed by atoms with Gasteiger partial charge in [-0.3, -0.25) is 4.79 Å². The van der Waals surface area contributed by atoms with E-state index in [1.807, 2.05) is 23.6 Å². The second kappa shape index (κ2) is 7.42. The van der Waals surface area contributed by atoms with Crippen LogP contribution >= 0.6 is 11.3 Å². The molecule has 0 fully saturated rings. The van der Waals surface area contributed by atoms with Crippen LogP contribution in [0, 0.1) is 11.3 Å². The quantitative estimate of drug-likeness (QED) is 0.644. The van der Waals surface area contributed by atoms with Crippen molar-refractivity contribution in [2.45, 2.75) is 0 Å². The van der Waals surface area contributed by atoms with Gasteiger partial charge in [0.25, 0.3) is 0 Å². The van der Waals surface area contributed by atoms with Crippen molar-refractivity contribution in [1.29, 1.82) is 5.26 Å². The summed E-state index contributed by atoms with van der Waals surface area (Å²) in [4.78, 5) is 15.7. The summed E-state index contributed by atoms with van der Waals surface area (Å²) < 4.78 is 10.7. The zero-order valence-corrected chi connectivity index (χ0v) is 15.3. The second-order valence-corrected chi connectivity index (χ2v) is 6.72. The van der Waals surface area contributed by atoms with Gasteiger partial charge < -0.3 is 20.5 Å². The molecule has 138 valence electrons. The van der Waals surface area contributed by atoms with Gasteiger partial charge in [0.15, 0.2) is 11.5 Å². The molecule has 2 heterocycles. The molecule has 1 amide bonds. The number of aromatic nitrogens is 1. The summed E-state index contributed by atoms with van der Waals surface area (Å²) in [5.41, 5.74) is 8.42. The van der Waals surface area contributed by atoms with Gasteiger partial charge in [-0.15, -0.1) is 11.3 Å². The number of allylic oxidation sites excluding steroid dienone is 1. The van der Waals surface area contributed by atoms with Crippen molar-refractivity contribution in [2.75, 3.05) is 12.1 Å². The highest BCUT2D eigenvalue weighted by molar-refractivity contribution is 7.11. The molecule has 0 atom stereocenters. The summed E-state index contributed by atoms with van der Waals surface area (Å²) in [6.07, 6.45) is 1.58. The number of amides is 1. The first-order chi connectivity index (χ1) is 13.6. The van der Waals surface area contributed by atoms with Gasteiger partial charge in [0.05, 0.1) is 5.69 Å². The van der Waals surface area contributed by atoms with Crippen molar-refractivity contribution in [3.05, 3.63) is 64.6 Å². The molecule has 7 nitrogen and oxygen atoms in total. The minimum Gasteiger partial charge on any atom is -0.454 e. The molecule has 0 saturated carbocycles. The standard InChI is InChI=1S/C20H14N4O3S/c21-8-14(9-23-15-4-1-12(2-5-15)19(22)25)20-24-16(10-28-20)13-3-6-17-18(7-13)27-11-26-17/h1-7,9-10,23H,11H2,(H2,22,25). The Kier molecular flexibility index (Phi) is 4.66. The molecule has 2 aromatic carbocycles. The molecule has 4 rings (SSSR count). The van der Waals surface area contributed by atoms with Crippen molar-refractivity contribution in [1.82, 2.24) is 4.98 Å². The zero-order chi connectivity index (χ0) is 19.5. The minimum absolute atomic E-state index is 0.217. The molecule has 1 aliphatic rings. The van der Waals surface area contributed by atoms with E-state index in [1.54, 1.807) is 30.5 Å². The Bertz CT molecular complexity index is 1110. The summed E-state index contributed by atoms with van der Waals surface area (Å²) in [6, 6.07) is 14.4. The number of nitrogens with one attached hydrogen (secondary N) is 1. The Hall–Kier alpha value is -3.83. The third-order valence-electron chi connectivity index (χ3n) is 4.08. The van der Waals surface area contributed by atoms with E-state index in [2.05, 4.69) is 16.4 Å². The van der Waals surface area contributed by atoms with Gasteiger partial charge in [0, 0.05) is 28.4 Å². The molecule has 28 heavy (non-hydrogen) atoms. The lowest BCUT2D eigenvalue weighted by molar-refractivity contribution is 0.100. The third-order valence-corrected chi connectivity index (χ3v) is 4.95. The molecule has 0 radical (unpaired) electrons. The summed E-state index contributed by atoms with van der Waals surface area (Å²) >= 11 is 1.38. The fraction of sp³-hybridized carbons (Fsp3) is 0.0500. The van der Waals surface area contributed by atoms with Gasteiger partial charge in [-0.05, 0) is 42.5 Å². The first-order valence-electron chi connectivity index (χ1n) is 8.26. The van der Waals surface area contributed by atoms with Crippen LogP contribution in [0.4, 0.5) is 5.69 Å². The van der Waals surface area contributed by atoms with Crippen molar-refractivity contribution in [2.24, 2.45) is 5.73 Å². The molecule has 0 aliphatic carbocycles. The topological polar surface area (TPSA) is 110 Å². The Morgan fingerprint density at radius 3 is 2.75 bits per heavy atom. The lowest BCUT2D eigenvalue weighted by atomic mass is 10.1. The van der Waals surface area contributed by atoms with Crippen molar-refractivity contribution < 1.29 is 14.3 Å². The van der Waals surface area contributed by atoms with E-state index >= 15 is 0 Å². The van der Waals surface area contributed by atoms with Crippen LogP contribution in [0.1, 0.15) is 15.4 Å². The Morgan fingerprint density at radius 2 is 2.00 bits per heavy atom. The monoisotopic (exact) mass is 390 g/mol. The number of thiazole rings is 1. The molecule has 0 bridgehead atoms. The van der Waals surface area contributed by atoms with Gasteiger partial charge in [-0.1, -0.05) is 0 Å². The molecular weight excluding hydrogens is 376 g/mol. The van der Waals surface area contributed by atoms with Crippen molar-refractivity contribution in [3.63, 3.8) is 0 Å². The van der Waals surface area contributed by atoms with Crippen LogP contribution < -0.4 is 20.5 Å². The van der Waals surface area contributed by atoms with Gasteiger partial charge >= 0.3 is 0 Å². The highest BCUT2D eigenvalue weighted by atomic mass is 32.1. The highest BCUT2D eigenvalue weighted by Crippen LogP contribution is 2.36. The Balaban J connectivity index is 1.53. The Labute approximate surface area is 164 Å². The lowest BCUT2D eigenvalue weighted by Crippen LogP contribution is -2.10. The number of ether oxygens (including phenoxy) is 2. The number of hydrogen-bond donors (Lipinski definition) is 2. The van der Waals surface area contributed by atoms with Gasteiger partial charge in [0.2, 0.25) is 12.7 Å². The van der Waals surface area contributed by atoms with E-state index in [9.17, 15) is 10.1 Å². The number of fused-ring (bicyclic) bond motifs is 1. The Morgan fingerprint density at radius 1 is 1.21 bits per heavy atom. The molecule has 1 aliphatic heterocycles. The number of benzene rings is 2. The molecule has 1 aromatic heterocycles. The number of primary amides is 1. The molecular formula is C20H14N4O3S. The van der Waals surface area contributed by atoms with Gasteiger partial charge in [-0.25, -0.2) is 4.98 Å². The molecule has 0 saturated heterocycles. The maximum atomic E-state index is 11.1. The predicted octanol–water partition coefficient (Wildman–Crippen LogP) is 3.61. The number of hydrogen-bond acceptors (Lipinski definition) is 7. The molecule has 8 heteroatoms. The number of anilines is 1. The van der Waals surface area contributed by atoms with Crippen LogP contribution in [0.15, 0.2) is 54.0 Å². The van der Waals surface area contributed by atoms with E-state index in [0.29, 0.717) is 27.6 Å². The summed E-state index contributed by atoms with van der Waals surface area (Å²) in [5.74, 6) is 0.908. The predicted molar refractivity (Wildman–Crippen MR) is 106 cm³/mol. The van der Waals surface area contributed by atoms with Crippen LogP contribution in [0.25, 0.3) is 16.8 Å². The average Bonchev–Trinajstić information content (AvgIpc) is 3.38. The molecule has 3 N–H and O–H groups in total. The van der Waals surface area contributed by atoms with Crippen molar-refractivity contribution >= 4 is 28.5 Å². The first kappa shape index (κ1) is 17.6. The minimum atomic E-state index is -0.487. The van der Waals surface area contributed by atoms with E-state index in [-0.39, 0.29) is 6.79 Å². The fourth-order valence-electron chi connectivity index (χ4n) is 2.61. The molecule has 0 unspecified atom stereocenters. The van der Waals surface area contributed by atoms with Gasteiger partial charge in [0.1, 0.15) is 16.6 Å².